The van der Waals surface area contributed by atoms with Crippen molar-refractivity contribution in [3.63, 3.8) is 0 Å². The molecule has 0 aliphatic heterocycles. The van der Waals surface area contributed by atoms with Crippen LogP contribution >= 0.6 is 0 Å². The summed E-state index contributed by atoms with van der Waals surface area (Å²) < 4.78 is 55.8. The van der Waals surface area contributed by atoms with Gasteiger partial charge in [-0.15, -0.1) is 0 Å². The molecule has 4 N–H and O–H groups in total. The SMILES string of the molecule is C.C=N.CC(C)(C)OC(=O)C1CC2C=CC1C2.CC1(C(=O)OCCO)CC2C=CC1C2.CC1(C)C2CCC1(C)C(OC(=O)C1CC3C=CC1C3)C2.CCCCC(CC)CCOCCOCCOC(=O)C1CC2C=CC1C2.CCOCCOCCOC(=O)C1CC2C=CC1C2.O=C(O)C1CC2C=CC1C2.O=C(OCCO)C1CC2C=CC1C2.[B][N+]#[C-]. The van der Waals surface area contributed by atoms with Crippen molar-refractivity contribution in [1.29, 1.82) is 5.41 Å². The molecule has 0 heterocycles. The molecule has 670 valence electrons. The smallest absolute Gasteiger partial charge is 0.481 e. The summed E-state index contributed by atoms with van der Waals surface area (Å²) in [6.07, 6.45) is 55.2. The number of rotatable bonds is 32. The molecule has 16 bridgehead atoms. The molecule has 16 aliphatic rings. The molecule has 0 aromatic carbocycles. The first-order chi connectivity index (χ1) is 57.1. The van der Waals surface area contributed by atoms with Crippen molar-refractivity contribution >= 4 is 56.5 Å². The number of allylic oxidation sites excluding steroid dienone is 14. The fourth-order valence-electron chi connectivity index (χ4n) is 21.7. The Kier molecular flexibility index (Phi) is 41.2. The van der Waals surface area contributed by atoms with Gasteiger partial charge in [-0.1, -0.05) is 153 Å². The number of esters is 6. The number of aliphatic hydroxyl groups excluding tert-OH is 2. The van der Waals surface area contributed by atoms with Gasteiger partial charge in [-0.2, -0.15) is 0 Å². The molecule has 0 saturated heterocycles. The maximum Gasteiger partial charge on any atom is 0.701 e. The first-order valence-corrected chi connectivity index (χ1v) is 45.1. The van der Waals surface area contributed by atoms with Gasteiger partial charge in [-0.25, -0.2) is 0 Å². The minimum absolute atomic E-state index is 0. The maximum absolute atomic E-state index is 12.6. The fourth-order valence-corrected chi connectivity index (χ4v) is 21.7. The maximum atomic E-state index is 12.6. The summed E-state index contributed by atoms with van der Waals surface area (Å²) in [5.74, 6) is 8.11. The van der Waals surface area contributed by atoms with Gasteiger partial charge >= 0.3 is 49.8 Å². The number of ether oxygens (including phenoxy) is 10. The Morgan fingerprint density at radius 1 is 0.483 bits per heavy atom. The van der Waals surface area contributed by atoms with E-state index in [9.17, 15) is 33.6 Å². The van der Waals surface area contributed by atoms with Crippen LogP contribution in [0.3, 0.4) is 0 Å². The van der Waals surface area contributed by atoms with Gasteiger partial charge in [-0.3, -0.25) is 40.1 Å². The zero-order chi connectivity index (χ0) is 86.5. The van der Waals surface area contributed by atoms with Gasteiger partial charge in [0.05, 0.1) is 93.8 Å². The predicted octanol–water partition coefficient (Wildman–Crippen LogP) is 16.7. The van der Waals surface area contributed by atoms with E-state index in [0.717, 1.165) is 115 Å². The summed E-state index contributed by atoms with van der Waals surface area (Å²) >= 11 is 0. The van der Waals surface area contributed by atoms with Gasteiger partial charge in [0.2, 0.25) is 0 Å². The van der Waals surface area contributed by atoms with E-state index in [1.165, 1.54) is 44.9 Å². The quantitative estimate of drug-likeness (QED) is 0.00925. The van der Waals surface area contributed by atoms with Crippen LogP contribution in [0.5, 0.6) is 0 Å². The van der Waals surface area contributed by atoms with Crippen LogP contribution in [0.4, 0.5) is 0 Å². The molecule has 9 fully saturated rings. The van der Waals surface area contributed by atoms with Crippen molar-refractivity contribution in [3.8, 4) is 0 Å². The molecule has 25 unspecified atom stereocenters. The Morgan fingerprint density at radius 2 is 0.858 bits per heavy atom. The Morgan fingerprint density at radius 3 is 1.18 bits per heavy atom. The van der Waals surface area contributed by atoms with E-state index >= 15 is 0 Å². The lowest BCUT2D eigenvalue weighted by Gasteiger charge is -2.39. The third-order valence-electron chi connectivity index (χ3n) is 28.8. The number of aliphatic carboxylic acids is 1. The lowest BCUT2D eigenvalue weighted by Crippen LogP contribution is -2.39. The van der Waals surface area contributed by atoms with E-state index in [-0.39, 0.29) is 128 Å². The summed E-state index contributed by atoms with van der Waals surface area (Å²) in [6.45, 7) is 35.0. The number of aliphatic hydroxyl groups is 2. The average molecular weight is 1670 g/mol. The highest BCUT2D eigenvalue weighted by Gasteiger charge is 2.63. The van der Waals surface area contributed by atoms with E-state index in [0.29, 0.717) is 148 Å². The molecule has 0 aromatic heterocycles. The van der Waals surface area contributed by atoms with Crippen LogP contribution in [-0.2, 0) is 80.9 Å². The van der Waals surface area contributed by atoms with Crippen LogP contribution in [0.15, 0.2) is 85.1 Å². The number of hydrogen-bond acceptors (Lipinski definition) is 20. The largest absolute Gasteiger partial charge is 0.701 e. The Bertz CT molecular complexity index is 3500. The molecule has 0 spiro atoms. The minimum Gasteiger partial charge on any atom is -0.481 e. The number of hydrogen-bond donors (Lipinski definition) is 4. The number of carboxylic acid groups (broad SMARTS) is 1. The van der Waals surface area contributed by atoms with Crippen LogP contribution in [-0.4, -0.2) is 176 Å². The molecular formula is C97H149BN2O20. The fraction of sp³-hybridized carbons (Fsp3) is 0.763. The van der Waals surface area contributed by atoms with Gasteiger partial charge in [0, 0.05) is 18.6 Å². The number of nitrogens with one attached hydrogen (secondary N) is 1. The third-order valence-corrected chi connectivity index (χ3v) is 28.8. The van der Waals surface area contributed by atoms with Gasteiger partial charge < -0.3 is 72.9 Å². The van der Waals surface area contributed by atoms with Crippen LogP contribution in [0, 0.1) is 158 Å². The Labute approximate surface area is 719 Å². The van der Waals surface area contributed by atoms with Crippen molar-refractivity contribution in [2.45, 2.75) is 230 Å². The van der Waals surface area contributed by atoms with E-state index in [2.05, 4.69) is 139 Å². The highest BCUT2D eigenvalue weighted by Crippen LogP contribution is 2.66. The molecular weight excluding hydrogens is 1520 g/mol. The number of nitrogens with zero attached hydrogens (tertiary/aromatic N) is 1. The van der Waals surface area contributed by atoms with Crippen LogP contribution < -0.4 is 0 Å². The second kappa shape index (κ2) is 49.2. The molecule has 25 atom stereocenters. The predicted molar refractivity (Wildman–Crippen MR) is 463 cm³/mol. The van der Waals surface area contributed by atoms with Gasteiger partial charge in [0.15, 0.2) is 0 Å². The molecule has 0 amide bonds. The summed E-state index contributed by atoms with van der Waals surface area (Å²) in [4.78, 5) is 82.0. The van der Waals surface area contributed by atoms with Crippen molar-refractivity contribution in [2.24, 2.45) is 146 Å². The van der Waals surface area contributed by atoms with Crippen LogP contribution in [0.1, 0.15) is 218 Å². The highest BCUT2D eigenvalue weighted by molar-refractivity contribution is 6.13. The summed E-state index contributed by atoms with van der Waals surface area (Å²) in [5, 5.41) is 31.3. The normalized spacial score (nSPS) is 34.2. The number of carbonyl (C=O) groups excluding carboxylic acids is 6. The Hall–Kier alpha value is -6.55. The third kappa shape index (κ3) is 28.0. The van der Waals surface area contributed by atoms with Crippen molar-refractivity contribution < 1.29 is 96.2 Å². The molecule has 9 saturated carbocycles. The second-order valence-corrected chi connectivity index (χ2v) is 37.8. The van der Waals surface area contributed by atoms with E-state index in [4.69, 9.17) is 74.7 Å². The zero-order valence-corrected chi connectivity index (χ0v) is 73.3. The first-order valence-electron chi connectivity index (χ1n) is 45.1. The van der Waals surface area contributed by atoms with E-state index in [1.807, 2.05) is 34.6 Å². The summed E-state index contributed by atoms with van der Waals surface area (Å²) in [5.41, 5.74) is -0.162. The topological polar surface area (TPSA) is 301 Å². The second-order valence-electron chi connectivity index (χ2n) is 37.8. The van der Waals surface area contributed by atoms with Crippen molar-refractivity contribution in [2.75, 3.05) is 92.5 Å². The number of fused-ring (bicyclic) bond motifs is 16. The molecule has 22 nitrogen and oxygen atoms in total. The number of unbranched alkanes of at least 4 members (excludes halogenated alkanes) is 1. The summed E-state index contributed by atoms with van der Waals surface area (Å²) in [6, 6.07) is 0. The first kappa shape index (κ1) is 101. The van der Waals surface area contributed by atoms with Crippen molar-refractivity contribution in [3.05, 3.63) is 96.4 Å². The molecule has 0 aromatic rings. The van der Waals surface area contributed by atoms with Crippen LogP contribution in [0.25, 0.3) is 4.76 Å². The number of carboxylic acids is 1. The molecule has 2 radical (unpaired) electrons. The lowest BCUT2D eigenvalue weighted by molar-refractivity contribution is -0.163. The van der Waals surface area contributed by atoms with Crippen LogP contribution in [0.2, 0.25) is 0 Å². The summed E-state index contributed by atoms with van der Waals surface area (Å²) in [7, 11) is 4.14. The van der Waals surface area contributed by atoms with E-state index < -0.39 is 5.97 Å². The van der Waals surface area contributed by atoms with E-state index in [1.54, 1.807) is 0 Å². The monoisotopic (exact) mass is 1670 g/mol. The van der Waals surface area contributed by atoms with Gasteiger partial charge in [-0.05, 0) is 257 Å². The Balaban J connectivity index is 0.000000194. The molecule has 120 heavy (non-hydrogen) atoms. The molecule has 23 heteroatoms. The molecule has 16 aliphatic carbocycles. The standard InChI is InChI=1S/C21H36O4.C18H26O2.C14H22O4.C12H18O2.C11H16O3.C10H14O3.C8H10O2.CBN.CH3N.CH4/c1-3-5-6-17(4-2)9-10-23-11-12-24-13-14-25-21(22)20-16-18-7-8-19(20)15-18;1-17(2)13-6-7-18(17,3)15(10-13)20-16(19)14-9-11-4-5-12(14)8-11;1-2-16-5-6-17-7-8-18-14(15)13-10-11-3-4-12(13)9-11;1-12(2,3)14-11(13)10-7-8-4-5-9(10)6-8;1-11(10(13)14-5-4-12)7-8-2-3-9(11)6-8;11-3-4-13-10(12)9-6-7-1-2-8(9)5-7;9-8(10)7-4-5-1-2-6(7)3-5;1-3-2;1-2;/h7-8,17-20H,3-6,9-16H2,1-2H3;4-5,11-15H,6-10H2,1-3H3;3-4,11-13H,2,5-10H2,1H3;4-5,8-10H,6-7H2,1-3H3;2-3,8-9,12H,4-7H2,1H3;1-2,7-9,11H,3-6H2;1-2,5-7H,3-4H2,(H,9,10);;2H,1H2;1H4. The van der Waals surface area contributed by atoms with Gasteiger partial charge in [0.1, 0.15) is 38.1 Å². The highest BCUT2D eigenvalue weighted by atomic mass is 16.6. The minimum atomic E-state index is -0.614. The van der Waals surface area contributed by atoms with Gasteiger partial charge in [0.25, 0.3) is 0 Å². The zero-order valence-electron chi connectivity index (χ0n) is 73.3. The lowest BCUT2D eigenvalue weighted by atomic mass is 9.70. The number of carbonyl (C=O) groups is 7. The average Bonchev–Trinajstić information content (AvgIpc) is 1.56. The molecule has 16 rings (SSSR count). The van der Waals surface area contributed by atoms with Crippen molar-refractivity contribution in [1.82, 2.24) is 0 Å².